The van der Waals surface area contributed by atoms with Crippen molar-refractivity contribution in [2.24, 2.45) is 10.9 Å². The fourth-order valence-electron chi connectivity index (χ4n) is 3.60. The Balaban J connectivity index is 1.67. The Hall–Kier alpha value is -2.60. The number of aliphatic imine (C=N–C) groups is 1. The smallest absolute Gasteiger partial charge is 0.191 e. The van der Waals surface area contributed by atoms with Gasteiger partial charge in [0.25, 0.3) is 0 Å². The minimum Gasteiger partial charge on any atom is -0.494 e. The summed E-state index contributed by atoms with van der Waals surface area (Å²) >= 11 is 0. The van der Waals surface area contributed by atoms with E-state index in [1.807, 2.05) is 38.1 Å². The summed E-state index contributed by atoms with van der Waals surface area (Å²) < 4.78 is 25.0. The molecule has 0 radical (unpaired) electrons. The highest BCUT2D eigenvalue weighted by atomic mass is 19.1. The Morgan fingerprint density at radius 2 is 2.07 bits per heavy atom. The van der Waals surface area contributed by atoms with Gasteiger partial charge in [-0.15, -0.1) is 0 Å². The monoisotopic (exact) mass is 399 g/mol. The van der Waals surface area contributed by atoms with Crippen LogP contribution in [0.1, 0.15) is 43.5 Å². The molecule has 1 fully saturated rings. The van der Waals surface area contributed by atoms with Crippen LogP contribution in [0.25, 0.3) is 0 Å². The third-order valence-corrected chi connectivity index (χ3v) is 5.20. The van der Waals surface area contributed by atoms with Gasteiger partial charge < -0.3 is 20.1 Å². The van der Waals surface area contributed by atoms with E-state index in [-0.39, 0.29) is 23.7 Å². The van der Waals surface area contributed by atoms with Crippen LogP contribution in [0.3, 0.4) is 0 Å². The van der Waals surface area contributed by atoms with Crippen molar-refractivity contribution >= 4 is 5.96 Å². The number of ether oxygens (including phenoxy) is 2. The Kier molecular flexibility index (Phi) is 7.47. The molecule has 5 nitrogen and oxygen atoms in total. The summed E-state index contributed by atoms with van der Waals surface area (Å²) in [6, 6.07) is 15.2. The zero-order chi connectivity index (χ0) is 20.6. The van der Waals surface area contributed by atoms with Gasteiger partial charge in [0, 0.05) is 25.6 Å². The lowest BCUT2D eigenvalue weighted by molar-refractivity contribution is 0.0925. The number of nitrogens with zero attached hydrogens (tertiary/aromatic N) is 1. The number of nitrogens with one attached hydrogen (secondary N) is 2. The van der Waals surface area contributed by atoms with Crippen LogP contribution in [-0.4, -0.2) is 32.8 Å². The Morgan fingerprint density at radius 3 is 2.76 bits per heavy atom. The van der Waals surface area contributed by atoms with Gasteiger partial charge in [-0.25, -0.2) is 4.39 Å². The zero-order valence-corrected chi connectivity index (χ0v) is 17.3. The quantitative estimate of drug-likeness (QED) is 0.540. The van der Waals surface area contributed by atoms with Crippen molar-refractivity contribution < 1.29 is 13.9 Å². The fraction of sp³-hybridized carbons (Fsp3) is 0.435. The van der Waals surface area contributed by atoms with Crippen molar-refractivity contribution in [3.05, 3.63) is 65.5 Å². The van der Waals surface area contributed by atoms with Gasteiger partial charge in [0.15, 0.2) is 17.5 Å². The van der Waals surface area contributed by atoms with Gasteiger partial charge in [0.1, 0.15) is 0 Å². The molecule has 29 heavy (non-hydrogen) atoms. The molecule has 3 atom stereocenters. The molecule has 2 N–H and O–H groups in total. The molecule has 156 valence electrons. The SMILES string of the molecule is CCNC(=NCC1CCOC1c1ccccc1)NC(C)c1ccc(OC)c(F)c1. The second-order valence-electron chi connectivity index (χ2n) is 7.23. The van der Waals surface area contributed by atoms with Crippen molar-refractivity contribution in [1.82, 2.24) is 10.6 Å². The van der Waals surface area contributed by atoms with Crippen LogP contribution in [0.4, 0.5) is 4.39 Å². The van der Waals surface area contributed by atoms with E-state index < -0.39 is 0 Å². The van der Waals surface area contributed by atoms with E-state index in [2.05, 4.69) is 22.8 Å². The summed E-state index contributed by atoms with van der Waals surface area (Å²) in [6.45, 7) is 6.18. The summed E-state index contributed by atoms with van der Waals surface area (Å²) in [6.07, 6.45) is 1.07. The molecule has 0 bridgehead atoms. The highest BCUT2D eigenvalue weighted by Gasteiger charge is 2.29. The van der Waals surface area contributed by atoms with Gasteiger partial charge >= 0.3 is 0 Å². The molecule has 1 aliphatic rings. The van der Waals surface area contributed by atoms with Crippen LogP contribution in [-0.2, 0) is 4.74 Å². The maximum atomic E-state index is 14.0. The molecule has 1 heterocycles. The summed E-state index contributed by atoms with van der Waals surface area (Å²) in [5.41, 5.74) is 2.03. The third kappa shape index (κ3) is 5.48. The summed E-state index contributed by atoms with van der Waals surface area (Å²) in [5.74, 6) is 0.931. The van der Waals surface area contributed by atoms with Crippen molar-refractivity contribution in [2.75, 3.05) is 26.8 Å². The van der Waals surface area contributed by atoms with Gasteiger partial charge in [0.2, 0.25) is 0 Å². The zero-order valence-electron chi connectivity index (χ0n) is 17.3. The first-order chi connectivity index (χ1) is 14.1. The number of hydrogen-bond acceptors (Lipinski definition) is 3. The third-order valence-electron chi connectivity index (χ3n) is 5.20. The van der Waals surface area contributed by atoms with E-state index in [1.165, 1.54) is 18.7 Å². The number of methoxy groups -OCH3 is 1. The maximum Gasteiger partial charge on any atom is 0.191 e. The Morgan fingerprint density at radius 1 is 1.28 bits per heavy atom. The second-order valence-corrected chi connectivity index (χ2v) is 7.23. The Bertz CT molecular complexity index is 813. The van der Waals surface area contributed by atoms with Gasteiger partial charge in [-0.05, 0) is 43.5 Å². The molecule has 1 aliphatic heterocycles. The number of guanidine groups is 1. The van der Waals surface area contributed by atoms with Gasteiger partial charge in [-0.1, -0.05) is 36.4 Å². The van der Waals surface area contributed by atoms with Crippen LogP contribution in [0.2, 0.25) is 0 Å². The average Bonchev–Trinajstić information content (AvgIpc) is 3.21. The lowest BCUT2D eigenvalue weighted by Gasteiger charge is -2.21. The van der Waals surface area contributed by atoms with E-state index in [0.717, 1.165) is 31.1 Å². The number of hydrogen-bond donors (Lipinski definition) is 2. The summed E-state index contributed by atoms with van der Waals surface area (Å²) in [7, 11) is 1.46. The molecular weight excluding hydrogens is 369 g/mol. The molecule has 1 saturated heterocycles. The molecule has 0 aromatic heterocycles. The van der Waals surface area contributed by atoms with E-state index in [1.54, 1.807) is 6.07 Å². The van der Waals surface area contributed by atoms with E-state index in [4.69, 9.17) is 14.5 Å². The highest BCUT2D eigenvalue weighted by molar-refractivity contribution is 5.80. The lowest BCUT2D eigenvalue weighted by Crippen LogP contribution is -2.39. The lowest BCUT2D eigenvalue weighted by atomic mass is 9.95. The van der Waals surface area contributed by atoms with Crippen LogP contribution in [0, 0.1) is 11.7 Å². The van der Waals surface area contributed by atoms with Crippen LogP contribution in [0.5, 0.6) is 5.75 Å². The van der Waals surface area contributed by atoms with Crippen molar-refractivity contribution in [3.63, 3.8) is 0 Å². The molecule has 0 spiro atoms. The largest absolute Gasteiger partial charge is 0.494 e. The molecule has 2 aromatic carbocycles. The molecular formula is C23H30FN3O2. The standard InChI is InChI=1S/C23H30FN3O2/c1-4-25-23(27-16(2)18-10-11-21(28-3)20(24)14-18)26-15-19-12-13-29-22(19)17-8-6-5-7-9-17/h5-11,14,16,19,22H,4,12-13,15H2,1-3H3,(H2,25,26,27). The highest BCUT2D eigenvalue weighted by Crippen LogP contribution is 2.34. The van der Waals surface area contributed by atoms with E-state index >= 15 is 0 Å². The predicted octanol–water partition coefficient (Wildman–Crippen LogP) is 4.23. The minimum absolute atomic E-state index is 0.0796. The Labute approximate surface area is 172 Å². The first kappa shape index (κ1) is 21.1. The molecule has 3 rings (SSSR count). The molecule has 0 amide bonds. The van der Waals surface area contributed by atoms with Gasteiger partial charge in [-0.3, -0.25) is 4.99 Å². The van der Waals surface area contributed by atoms with Crippen molar-refractivity contribution in [3.8, 4) is 5.75 Å². The number of halogens is 1. The second kappa shape index (κ2) is 10.3. The topological polar surface area (TPSA) is 54.9 Å². The average molecular weight is 400 g/mol. The molecule has 3 unspecified atom stereocenters. The summed E-state index contributed by atoms with van der Waals surface area (Å²) in [4.78, 5) is 4.79. The molecule has 0 saturated carbocycles. The molecule has 2 aromatic rings. The van der Waals surface area contributed by atoms with Crippen molar-refractivity contribution in [2.45, 2.75) is 32.4 Å². The molecule has 0 aliphatic carbocycles. The van der Waals surface area contributed by atoms with E-state index in [9.17, 15) is 4.39 Å². The number of benzene rings is 2. The first-order valence-electron chi connectivity index (χ1n) is 10.2. The normalized spacial score (nSPS) is 20.3. The van der Waals surface area contributed by atoms with Crippen LogP contribution in [0.15, 0.2) is 53.5 Å². The van der Waals surface area contributed by atoms with Crippen LogP contribution < -0.4 is 15.4 Å². The molecule has 6 heteroatoms. The van der Waals surface area contributed by atoms with E-state index in [0.29, 0.717) is 12.5 Å². The maximum absolute atomic E-state index is 14.0. The minimum atomic E-state index is -0.366. The van der Waals surface area contributed by atoms with Gasteiger partial charge in [0.05, 0.1) is 19.3 Å². The van der Waals surface area contributed by atoms with Gasteiger partial charge in [-0.2, -0.15) is 0 Å². The first-order valence-corrected chi connectivity index (χ1v) is 10.2. The fourth-order valence-corrected chi connectivity index (χ4v) is 3.60. The summed E-state index contributed by atoms with van der Waals surface area (Å²) in [5, 5.41) is 6.65. The number of rotatable bonds is 7. The van der Waals surface area contributed by atoms with Crippen molar-refractivity contribution in [1.29, 1.82) is 0 Å². The predicted molar refractivity (Wildman–Crippen MR) is 114 cm³/mol. The van der Waals surface area contributed by atoms with Crippen LogP contribution >= 0.6 is 0 Å².